The summed E-state index contributed by atoms with van der Waals surface area (Å²) >= 11 is 0. The maximum atomic E-state index is 10.6. The number of unbranched alkanes of at least 4 members (excludes halogenated alkanes) is 2. The highest BCUT2D eigenvalue weighted by Crippen LogP contribution is 2.30. The molecular weight excluding hydrogens is 284 g/mol. The minimum absolute atomic E-state index is 0.349. The van der Waals surface area contributed by atoms with Crippen molar-refractivity contribution in [3.63, 3.8) is 0 Å². The molecule has 0 fully saturated rings. The number of aromatic hydroxyl groups is 1. The molecule has 3 N–H and O–H groups in total. The molecule has 0 bridgehead atoms. The summed E-state index contributed by atoms with van der Waals surface area (Å²) in [4.78, 5) is 4.20. The highest BCUT2D eigenvalue weighted by Gasteiger charge is 2.12. The zero-order valence-electron chi connectivity index (χ0n) is 14.3. The third kappa shape index (κ3) is 4.80. The second-order valence-electron chi connectivity index (χ2n) is 6.15. The number of hydrogen-bond acceptors (Lipinski definition) is 3. The number of nitrogens with zero attached hydrogens (tertiary/aromatic N) is 1. The number of aliphatic imine (C=N–C) groups is 1. The Morgan fingerprint density at radius 3 is 2.61 bits per heavy atom. The molecule has 0 aliphatic carbocycles. The summed E-state index contributed by atoms with van der Waals surface area (Å²) in [6.45, 7) is 4.37. The molecule has 0 amide bonds. The van der Waals surface area contributed by atoms with E-state index >= 15 is 0 Å². The van der Waals surface area contributed by atoms with Crippen LogP contribution in [0.1, 0.15) is 56.2 Å². The number of phenols is 1. The molecule has 1 heterocycles. The number of rotatable bonds is 7. The fourth-order valence-corrected chi connectivity index (χ4v) is 2.77. The number of aryl methyl sites for hydroxylation is 2. The first-order chi connectivity index (χ1) is 11.2. The van der Waals surface area contributed by atoms with Gasteiger partial charge in [0.05, 0.1) is 0 Å². The molecule has 2 rings (SSSR count). The van der Waals surface area contributed by atoms with Crippen molar-refractivity contribution in [2.24, 2.45) is 10.7 Å². The highest BCUT2D eigenvalue weighted by molar-refractivity contribution is 5.77. The third-order valence-corrected chi connectivity index (χ3v) is 4.18. The lowest BCUT2D eigenvalue weighted by Gasteiger charge is -2.14. The van der Waals surface area contributed by atoms with Crippen LogP contribution >= 0.6 is 0 Å². The molecule has 0 aromatic heterocycles. The molecule has 0 spiro atoms. The summed E-state index contributed by atoms with van der Waals surface area (Å²) in [5, 5.41) is 10.6. The average molecular weight is 312 g/mol. The lowest BCUT2D eigenvalue weighted by molar-refractivity contribution is 0.465. The first-order valence-electron chi connectivity index (χ1n) is 8.67. The van der Waals surface area contributed by atoms with Crippen molar-refractivity contribution in [1.82, 2.24) is 0 Å². The fraction of sp³-hybridized carbons (Fsp3) is 0.450. The molecule has 1 unspecified atom stereocenters. The van der Waals surface area contributed by atoms with Crippen LogP contribution in [0.4, 0.5) is 0 Å². The minimum Gasteiger partial charge on any atom is -0.507 e. The fourth-order valence-electron chi connectivity index (χ4n) is 2.77. The summed E-state index contributed by atoms with van der Waals surface area (Å²) in [5.74, 6) is 0.390. The van der Waals surface area contributed by atoms with Gasteiger partial charge in [-0.25, -0.2) is 0 Å². The van der Waals surface area contributed by atoms with E-state index < -0.39 is 0 Å². The monoisotopic (exact) mass is 312 g/mol. The number of dihydropyridines is 1. The quantitative estimate of drug-likeness (QED) is 0.784. The molecule has 124 valence electrons. The summed E-state index contributed by atoms with van der Waals surface area (Å²) < 4.78 is 0. The van der Waals surface area contributed by atoms with Gasteiger partial charge in [-0.15, -0.1) is 0 Å². The van der Waals surface area contributed by atoms with Crippen molar-refractivity contribution < 1.29 is 5.11 Å². The Balaban J connectivity index is 2.37. The van der Waals surface area contributed by atoms with Crippen molar-refractivity contribution in [3.05, 3.63) is 46.5 Å². The van der Waals surface area contributed by atoms with E-state index in [0.29, 0.717) is 5.75 Å². The first-order valence-corrected chi connectivity index (χ1v) is 8.67. The standard InChI is InChI=1S/C20H28N2O/c1-3-5-8-15-12-16(9-6-4-2)19(23)18(13-15)14-17-10-7-11-22-20(17)21/h7,10-14,20,23H,3-6,8-9,21H2,1-2H3. The Bertz CT molecular complexity index is 614. The average Bonchev–Trinajstić information content (AvgIpc) is 2.56. The van der Waals surface area contributed by atoms with E-state index in [9.17, 15) is 5.11 Å². The first kappa shape index (κ1) is 17.5. The van der Waals surface area contributed by atoms with Crippen LogP contribution in [0.15, 0.2) is 34.9 Å². The van der Waals surface area contributed by atoms with E-state index in [-0.39, 0.29) is 6.17 Å². The molecule has 1 aromatic rings. The van der Waals surface area contributed by atoms with Crippen LogP contribution in [-0.2, 0) is 12.8 Å². The van der Waals surface area contributed by atoms with Crippen molar-refractivity contribution in [2.45, 2.75) is 58.5 Å². The molecule has 3 heteroatoms. The Morgan fingerprint density at radius 2 is 1.91 bits per heavy atom. The van der Waals surface area contributed by atoms with E-state index in [1.165, 1.54) is 12.0 Å². The van der Waals surface area contributed by atoms with Gasteiger partial charge in [0.1, 0.15) is 11.9 Å². The molecule has 0 radical (unpaired) electrons. The summed E-state index contributed by atoms with van der Waals surface area (Å²) in [6.07, 6.45) is 13.7. The largest absolute Gasteiger partial charge is 0.507 e. The van der Waals surface area contributed by atoms with E-state index in [0.717, 1.165) is 48.8 Å². The number of allylic oxidation sites excluding steroid dienone is 1. The van der Waals surface area contributed by atoms with Gasteiger partial charge in [0, 0.05) is 11.8 Å². The SMILES string of the molecule is CCCCc1cc(C=C2C=CC=NC2N)c(O)c(CCCC)c1. The van der Waals surface area contributed by atoms with E-state index in [2.05, 4.69) is 31.0 Å². The maximum Gasteiger partial charge on any atom is 0.126 e. The highest BCUT2D eigenvalue weighted by atomic mass is 16.3. The number of hydrogen-bond donors (Lipinski definition) is 2. The second-order valence-corrected chi connectivity index (χ2v) is 6.15. The lowest BCUT2D eigenvalue weighted by Crippen LogP contribution is -2.20. The molecule has 3 nitrogen and oxygen atoms in total. The Hall–Kier alpha value is -1.87. The summed E-state index contributed by atoms with van der Waals surface area (Å²) in [5.41, 5.74) is 10.1. The molecule has 1 atom stereocenters. The minimum atomic E-state index is -0.349. The van der Waals surface area contributed by atoms with Gasteiger partial charge in [0.25, 0.3) is 0 Å². The van der Waals surface area contributed by atoms with Gasteiger partial charge in [0.2, 0.25) is 0 Å². The predicted molar refractivity (Wildman–Crippen MR) is 98.9 cm³/mol. The Morgan fingerprint density at radius 1 is 1.17 bits per heavy atom. The van der Waals surface area contributed by atoms with Gasteiger partial charge in [-0.05, 0) is 60.6 Å². The molecule has 1 aromatic carbocycles. The van der Waals surface area contributed by atoms with Crippen LogP contribution in [0.3, 0.4) is 0 Å². The molecular formula is C20H28N2O. The zero-order valence-corrected chi connectivity index (χ0v) is 14.3. The maximum absolute atomic E-state index is 10.6. The van der Waals surface area contributed by atoms with E-state index in [4.69, 9.17) is 5.73 Å². The van der Waals surface area contributed by atoms with Gasteiger partial charge in [0.15, 0.2) is 0 Å². The van der Waals surface area contributed by atoms with Crippen molar-refractivity contribution in [3.8, 4) is 5.75 Å². The normalized spacial score (nSPS) is 18.7. The molecule has 23 heavy (non-hydrogen) atoms. The Kier molecular flexibility index (Phi) is 6.60. The summed E-state index contributed by atoms with van der Waals surface area (Å²) in [6, 6.07) is 4.25. The molecule has 1 aliphatic heterocycles. The summed E-state index contributed by atoms with van der Waals surface area (Å²) in [7, 11) is 0. The van der Waals surface area contributed by atoms with Crippen molar-refractivity contribution in [2.75, 3.05) is 0 Å². The van der Waals surface area contributed by atoms with Crippen molar-refractivity contribution >= 4 is 12.3 Å². The van der Waals surface area contributed by atoms with Crippen LogP contribution in [0.5, 0.6) is 5.75 Å². The molecule has 0 saturated heterocycles. The second kappa shape index (κ2) is 8.68. The Labute approximate surface area is 139 Å². The third-order valence-electron chi connectivity index (χ3n) is 4.18. The van der Waals surface area contributed by atoms with Gasteiger partial charge in [-0.3, -0.25) is 4.99 Å². The predicted octanol–water partition coefficient (Wildman–Crippen LogP) is 4.39. The number of benzene rings is 1. The van der Waals surface area contributed by atoms with Crippen molar-refractivity contribution in [1.29, 1.82) is 0 Å². The zero-order chi connectivity index (χ0) is 16.7. The van der Waals surface area contributed by atoms with Crippen LogP contribution in [-0.4, -0.2) is 17.5 Å². The number of phenolic OH excluding ortho intramolecular Hbond substituents is 1. The van der Waals surface area contributed by atoms with E-state index in [1.54, 1.807) is 6.21 Å². The van der Waals surface area contributed by atoms with Crippen LogP contribution in [0.25, 0.3) is 6.08 Å². The van der Waals surface area contributed by atoms with Crippen LogP contribution in [0.2, 0.25) is 0 Å². The van der Waals surface area contributed by atoms with E-state index in [1.807, 2.05) is 18.2 Å². The van der Waals surface area contributed by atoms with Gasteiger partial charge < -0.3 is 10.8 Å². The van der Waals surface area contributed by atoms with Gasteiger partial charge in [-0.2, -0.15) is 0 Å². The number of nitrogens with two attached hydrogens (primary N) is 1. The smallest absolute Gasteiger partial charge is 0.126 e. The molecule has 1 aliphatic rings. The van der Waals surface area contributed by atoms with Crippen LogP contribution < -0.4 is 5.73 Å². The topological polar surface area (TPSA) is 58.6 Å². The van der Waals surface area contributed by atoms with Crippen LogP contribution in [0, 0.1) is 0 Å². The lowest BCUT2D eigenvalue weighted by atomic mass is 9.95. The molecule has 0 saturated carbocycles. The van der Waals surface area contributed by atoms with Gasteiger partial charge >= 0.3 is 0 Å². The van der Waals surface area contributed by atoms with Gasteiger partial charge in [-0.1, -0.05) is 38.8 Å².